The van der Waals surface area contributed by atoms with Gasteiger partial charge >= 0.3 is 0 Å². The summed E-state index contributed by atoms with van der Waals surface area (Å²) in [4.78, 5) is 17.3. The van der Waals surface area contributed by atoms with Gasteiger partial charge in [-0.3, -0.25) is 9.69 Å². The summed E-state index contributed by atoms with van der Waals surface area (Å²) in [6.07, 6.45) is 4.82. The lowest BCUT2D eigenvalue weighted by molar-refractivity contribution is -0.135. The van der Waals surface area contributed by atoms with Crippen LogP contribution in [0.5, 0.6) is 0 Å². The number of carbonyl (C=O) groups excluding carboxylic acids is 1. The summed E-state index contributed by atoms with van der Waals surface area (Å²) in [6, 6.07) is 8.18. The van der Waals surface area contributed by atoms with Gasteiger partial charge in [0.1, 0.15) is 0 Å². The Morgan fingerprint density at radius 3 is 2.83 bits per heavy atom. The average molecular weight is 351 g/mol. The van der Waals surface area contributed by atoms with Gasteiger partial charge in [-0.1, -0.05) is 23.7 Å². The first-order valence-electron chi connectivity index (χ1n) is 9.06. The van der Waals surface area contributed by atoms with E-state index in [0.29, 0.717) is 12.5 Å². The molecule has 0 saturated carbocycles. The Labute approximate surface area is 149 Å². The molecular formula is C19H27ClN2O2. The van der Waals surface area contributed by atoms with Crippen LogP contribution >= 0.6 is 11.6 Å². The van der Waals surface area contributed by atoms with Gasteiger partial charge in [-0.25, -0.2) is 0 Å². The molecular weight excluding hydrogens is 324 g/mol. The lowest BCUT2D eigenvalue weighted by Gasteiger charge is -2.39. The molecule has 0 N–H and O–H groups in total. The van der Waals surface area contributed by atoms with E-state index >= 15 is 0 Å². The Hall–Kier alpha value is -1.10. The predicted molar refractivity (Wildman–Crippen MR) is 96.4 cm³/mol. The van der Waals surface area contributed by atoms with E-state index in [0.717, 1.165) is 69.2 Å². The van der Waals surface area contributed by atoms with Crippen LogP contribution < -0.4 is 0 Å². The topological polar surface area (TPSA) is 32.8 Å². The standard InChI is InChI=1S/C19H27ClN2O2/c20-17-5-3-4-16(14-17)7-8-19(23)22-9-2-1-6-18(22)15-21-10-12-24-13-11-21/h3-5,14,18H,1-2,6-13,15H2/t18-/m0/s1. The molecule has 2 aliphatic heterocycles. The minimum Gasteiger partial charge on any atom is -0.379 e. The van der Waals surface area contributed by atoms with E-state index in [-0.39, 0.29) is 5.91 Å². The lowest BCUT2D eigenvalue weighted by Crippen LogP contribution is -2.51. The molecule has 0 aromatic heterocycles. The highest BCUT2D eigenvalue weighted by atomic mass is 35.5. The van der Waals surface area contributed by atoms with E-state index in [1.54, 1.807) is 0 Å². The molecule has 1 aromatic rings. The van der Waals surface area contributed by atoms with Crippen LogP contribution in [0, 0.1) is 0 Å². The molecule has 2 fully saturated rings. The molecule has 3 rings (SSSR count). The number of morpholine rings is 1. The number of halogens is 1. The van der Waals surface area contributed by atoms with E-state index in [2.05, 4.69) is 9.80 Å². The molecule has 24 heavy (non-hydrogen) atoms. The Morgan fingerprint density at radius 1 is 1.21 bits per heavy atom. The highest BCUT2D eigenvalue weighted by Crippen LogP contribution is 2.20. The van der Waals surface area contributed by atoms with E-state index in [4.69, 9.17) is 16.3 Å². The number of likely N-dealkylation sites (tertiary alicyclic amines) is 1. The number of nitrogens with zero attached hydrogens (tertiary/aromatic N) is 2. The second-order valence-electron chi connectivity index (χ2n) is 6.78. The van der Waals surface area contributed by atoms with Crippen molar-refractivity contribution in [2.45, 2.75) is 38.1 Å². The number of rotatable bonds is 5. The first-order chi connectivity index (χ1) is 11.7. The first-order valence-corrected chi connectivity index (χ1v) is 9.44. The van der Waals surface area contributed by atoms with E-state index < -0.39 is 0 Å². The van der Waals surface area contributed by atoms with Crippen molar-refractivity contribution >= 4 is 17.5 Å². The maximum absolute atomic E-state index is 12.8. The van der Waals surface area contributed by atoms with Crippen molar-refractivity contribution in [2.24, 2.45) is 0 Å². The fourth-order valence-corrected chi connectivity index (χ4v) is 3.90. The zero-order valence-corrected chi connectivity index (χ0v) is 15.0. The van der Waals surface area contributed by atoms with Gasteiger partial charge in [-0.2, -0.15) is 0 Å². The molecule has 0 aliphatic carbocycles. The van der Waals surface area contributed by atoms with E-state index in [1.165, 1.54) is 6.42 Å². The molecule has 0 spiro atoms. The van der Waals surface area contributed by atoms with Crippen LogP contribution in [-0.2, 0) is 16.0 Å². The number of hydrogen-bond donors (Lipinski definition) is 0. The maximum atomic E-state index is 12.8. The fourth-order valence-electron chi connectivity index (χ4n) is 3.69. The zero-order valence-electron chi connectivity index (χ0n) is 14.3. The Bertz CT molecular complexity index is 546. The highest BCUT2D eigenvalue weighted by molar-refractivity contribution is 6.30. The summed E-state index contributed by atoms with van der Waals surface area (Å²) in [5.41, 5.74) is 1.14. The summed E-state index contributed by atoms with van der Waals surface area (Å²) in [6.45, 7) is 5.50. The minimum absolute atomic E-state index is 0.285. The molecule has 1 amide bonds. The van der Waals surface area contributed by atoms with Crippen molar-refractivity contribution in [1.82, 2.24) is 9.80 Å². The van der Waals surface area contributed by atoms with Crippen LogP contribution in [0.15, 0.2) is 24.3 Å². The summed E-state index contributed by atoms with van der Waals surface area (Å²) in [5, 5.41) is 0.739. The molecule has 2 aliphatic rings. The van der Waals surface area contributed by atoms with Crippen LogP contribution in [0.25, 0.3) is 0 Å². The van der Waals surface area contributed by atoms with Crippen LogP contribution in [0.2, 0.25) is 5.02 Å². The number of amides is 1. The van der Waals surface area contributed by atoms with Crippen molar-refractivity contribution in [1.29, 1.82) is 0 Å². The van der Waals surface area contributed by atoms with Crippen LogP contribution in [0.3, 0.4) is 0 Å². The zero-order chi connectivity index (χ0) is 16.8. The number of hydrogen-bond acceptors (Lipinski definition) is 3. The monoisotopic (exact) mass is 350 g/mol. The smallest absolute Gasteiger partial charge is 0.223 e. The van der Waals surface area contributed by atoms with Gasteiger partial charge in [0.15, 0.2) is 0 Å². The number of ether oxygens (including phenoxy) is 1. The van der Waals surface area contributed by atoms with Gasteiger partial charge in [-0.05, 0) is 43.4 Å². The van der Waals surface area contributed by atoms with Crippen molar-refractivity contribution in [3.63, 3.8) is 0 Å². The normalized spacial score (nSPS) is 22.5. The molecule has 5 heteroatoms. The number of carbonyl (C=O) groups is 1. The van der Waals surface area contributed by atoms with Gasteiger partial charge in [0.05, 0.1) is 13.2 Å². The third-order valence-corrected chi connectivity index (χ3v) is 5.27. The number of piperidine rings is 1. The summed E-state index contributed by atoms with van der Waals surface area (Å²) >= 11 is 6.03. The predicted octanol–water partition coefficient (Wildman–Crippen LogP) is 2.99. The highest BCUT2D eigenvalue weighted by Gasteiger charge is 2.28. The number of aryl methyl sites for hydroxylation is 1. The van der Waals surface area contributed by atoms with Crippen molar-refractivity contribution < 1.29 is 9.53 Å². The van der Waals surface area contributed by atoms with Crippen LogP contribution in [0.4, 0.5) is 0 Å². The maximum Gasteiger partial charge on any atom is 0.223 e. The Morgan fingerprint density at radius 2 is 2.04 bits per heavy atom. The first kappa shape index (κ1) is 17.7. The largest absolute Gasteiger partial charge is 0.379 e. The summed E-state index contributed by atoms with van der Waals surface area (Å²) in [7, 11) is 0. The molecule has 0 bridgehead atoms. The molecule has 132 valence electrons. The summed E-state index contributed by atoms with van der Waals surface area (Å²) < 4.78 is 5.43. The lowest BCUT2D eigenvalue weighted by atomic mass is 10.00. The third kappa shape index (κ3) is 4.95. The van der Waals surface area contributed by atoms with Gasteiger partial charge < -0.3 is 9.64 Å². The second kappa shape index (κ2) is 8.84. The molecule has 1 aromatic carbocycles. The van der Waals surface area contributed by atoms with Crippen molar-refractivity contribution in [3.05, 3.63) is 34.9 Å². The average Bonchev–Trinajstić information content (AvgIpc) is 2.61. The fraction of sp³-hybridized carbons (Fsp3) is 0.632. The van der Waals surface area contributed by atoms with E-state index in [1.807, 2.05) is 24.3 Å². The quantitative estimate of drug-likeness (QED) is 0.818. The SMILES string of the molecule is O=C(CCc1cccc(Cl)c1)N1CCCC[C@H]1CN1CCOCC1. The van der Waals surface area contributed by atoms with E-state index in [9.17, 15) is 4.79 Å². The molecule has 2 heterocycles. The van der Waals surface area contributed by atoms with Crippen molar-refractivity contribution in [2.75, 3.05) is 39.4 Å². The van der Waals surface area contributed by atoms with Gasteiger partial charge in [0, 0.05) is 43.7 Å². The molecule has 2 saturated heterocycles. The van der Waals surface area contributed by atoms with Gasteiger partial charge in [-0.15, -0.1) is 0 Å². The van der Waals surface area contributed by atoms with Crippen LogP contribution in [-0.4, -0.2) is 61.1 Å². The van der Waals surface area contributed by atoms with Crippen molar-refractivity contribution in [3.8, 4) is 0 Å². The molecule has 0 unspecified atom stereocenters. The number of benzene rings is 1. The Balaban J connectivity index is 1.54. The van der Waals surface area contributed by atoms with Crippen LogP contribution in [0.1, 0.15) is 31.2 Å². The molecule has 1 atom stereocenters. The van der Waals surface area contributed by atoms with Gasteiger partial charge in [0.25, 0.3) is 0 Å². The molecule has 4 nitrogen and oxygen atoms in total. The third-order valence-electron chi connectivity index (χ3n) is 5.04. The summed E-state index contributed by atoms with van der Waals surface area (Å²) in [5.74, 6) is 0.285. The Kier molecular flexibility index (Phi) is 6.52. The molecule has 0 radical (unpaired) electrons. The van der Waals surface area contributed by atoms with Gasteiger partial charge in [0.2, 0.25) is 5.91 Å². The second-order valence-corrected chi connectivity index (χ2v) is 7.22. The minimum atomic E-state index is 0.285.